The number of hydrogen-bond donors (Lipinski definition) is 5. The van der Waals surface area contributed by atoms with Crippen LogP contribution >= 0.6 is 0 Å². The Labute approximate surface area is 401 Å². The monoisotopic (exact) mass is 956 g/mol. The van der Waals surface area contributed by atoms with Crippen LogP contribution in [0.1, 0.15) is 19.4 Å². The first-order valence-corrected chi connectivity index (χ1v) is 21.7. The third-order valence-corrected chi connectivity index (χ3v) is 11.4. The van der Waals surface area contributed by atoms with Crippen molar-refractivity contribution in [2.45, 2.75) is 33.0 Å². The topological polar surface area (TPSA) is 232 Å². The van der Waals surface area contributed by atoms with Crippen LogP contribution < -0.4 is 42.6 Å². The molecule has 1 unspecified atom stereocenters. The zero-order chi connectivity index (χ0) is 50.5. The summed E-state index contributed by atoms with van der Waals surface area (Å²) in [5, 5.41) is 34.5. The quantitative estimate of drug-likeness (QED) is 0.0780. The third-order valence-electron chi connectivity index (χ3n) is 11.4. The van der Waals surface area contributed by atoms with Crippen molar-refractivity contribution >= 4 is 74.2 Å². The number of halogens is 3. The fourth-order valence-corrected chi connectivity index (χ4v) is 7.98. The van der Waals surface area contributed by atoms with Crippen molar-refractivity contribution in [3.63, 3.8) is 0 Å². The summed E-state index contributed by atoms with van der Waals surface area (Å²) < 4.78 is 49.7. The number of nitriles is 2. The van der Waals surface area contributed by atoms with E-state index in [9.17, 15) is 34.5 Å². The number of anilines is 6. The first kappa shape index (κ1) is 47.7. The van der Waals surface area contributed by atoms with Gasteiger partial charge in [0, 0.05) is 89.6 Å². The second kappa shape index (κ2) is 20.2. The number of carbonyl (C=O) groups excluding carboxylic acids is 3. The predicted molar refractivity (Wildman–Crippen MR) is 263 cm³/mol. The minimum absolute atomic E-state index is 0.00340. The molecule has 0 saturated heterocycles. The molecular weight excluding hydrogens is 918 g/mol. The summed E-state index contributed by atoms with van der Waals surface area (Å²) in [6, 6.07) is 24.8. The van der Waals surface area contributed by atoms with Gasteiger partial charge in [0.2, 0.25) is 6.04 Å². The molecule has 0 aliphatic heterocycles. The lowest BCUT2D eigenvalue weighted by molar-refractivity contribution is -0.116. The lowest BCUT2D eigenvalue weighted by atomic mass is 9.98. The zero-order valence-electron chi connectivity index (χ0n) is 37.8. The summed E-state index contributed by atoms with van der Waals surface area (Å²) in [5.74, 6) is -4.33. The van der Waals surface area contributed by atoms with E-state index in [1.165, 1.54) is 51.9 Å². The van der Waals surface area contributed by atoms with Crippen LogP contribution in [0.5, 0.6) is 0 Å². The first-order valence-electron chi connectivity index (χ1n) is 21.7. The zero-order valence-corrected chi connectivity index (χ0v) is 37.8. The second-order valence-corrected chi connectivity index (χ2v) is 15.6. The van der Waals surface area contributed by atoms with Crippen LogP contribution in [0.2, 0.25) is 0 Å². The molecule has 0 aliphatic carbocycles. The number of benzene rings is 4. The minimum Gasteiger partial charge on any atom is -0.373 e. The van der Waals surface area contributed by atoms with E-state index in [1.807, 2.05) is 6.07 Å². The number of fused-ring (bicyclic) bond motifs is 2. The molecule has 1 atom stereocenters. The molecule has 5 amide bonds. The summed E-state index contributed by atoms with van der Waals surface area (Å²) in [7, 11) is 1.66. The Bertz CT molecular complexity index is 3650. The van der Waals surface area contributed by atoms with Crippen molar-refractivity contribution in [1.82, 2.24) is 19.1 Å². The van der Waals surface area contributed by atoms with Gasteiger partial charge in [-0.15, -0.1) is 0 Å². The van der Waals surface area contributed by atoms with Crippen molar-refractivity contribution in [2.75, 3.05) is 38.5 Å². The SMILES string of the molecule is CCn1c(=O)c(-c2cc(NC(=O)Nc3ccccc3)c(F)cc2F)cc2cnc(NC(=O)C(C#N)N(C(=O)Nc3ccccc3)c3cc(-c4cc5cnc(NC)cc5n(CC)c4=O)c(C#N)cc3F)cc21. The van der Waals surface area contributed by atoms with Gasteiger partial charge in [0.1, 0.15) is 29.1 Å². The number of aromatic nitrogens is 4. The van der Waals surface area contributed by atoms with Gasteiger partial charge in [-0.2, -0.15) is 10.5 Å². The number of urea groups is 2. The highest BCUT2D eigenvalue weighted by atomic mass is 19.1. The Kier molecular flexibility index (Phi) is 13.6. The number of nitrogens with zero attached hydrogens (tertiary/aromatic N) is 7. The summed E-state index contributed by atoms with van der Waals surface area (Å²) >= 11 is 0. The van der Waals surface area contributed by atoms with Gasteiger partial charge < -0.3 is 35.7 Å². The Morgan fingerprint density at radius 3 is 1.77 bits per heavy atom. The van der Waals surface area contributed by atoms with E-state index in [1.54, 1.807) is 81.6 Å². The first-order chi connectivity index (χ1) is 34.3. The molecule has 354 valence electrons. The average molecular weight is 957 g/mol. The maximum Gasteiger partial charge on any atom is 0.328 e. The number of amides is 5. The Morgan fingerprint density at radius 2 is 1.21 bits per heavy atom. The summed E-state index contributed by atoms with van der Waals surface area (Å²) in [4.78, 5) is 78.7. The summed E-state index contributed by atoms with van der Waals surface area (Å²) in [6.07, 6.45) is 2.75. The molecule has 17 nitrogen and oxygen atoms in total. The highest BCUT2D eigenvalue weighted by Gasteiger charge is 2.35. The van der Waals surface area contributed by atoms with Gasteiger partial charge in [-0.3, -0.25) is 19.3 Å². The van der Waals surface area contributed by atoms with Crippen molar-refractivity contribution in [3.8, 4) is 34.4 Å². The van der Waals surface area contributed by atoms with Crippen LogP contribution in [0.15, 0.2) is 131 Å². The molecule has 0 radical (unpaired) electrons. The average Bonchev–Trinajstić information content (AvgIpc) is 3.36. The highest BCUT2D eigenvalue weighted by Crippen LogP contribution is 2.34. The molecule has 4 aromatic carbocycles. The van der Waals surface area contributed by atoms with Crippen molar-refractivity contribution in [1.29, 1.82) is 10.5 Å². The van der Waals surface area contributed by atoms with Gasteiger partial charge in [0.25, 0.3) is 17.0 Å². The molecule has 0 spiro atoms. The number of carbonyl (C=O) groups is 3. The van der Waals surface area contributed by atoms with Crippen LogP contribution in [0.3, 0.4) is 0 Å². The molecule has 0 fully saturated rings. The van der Waals surface area contributed by atoms with Crippen LogP contribution in [-0.2, 0) is 17.9 Å². The number of aryl methyl sites for hydroxylation is 2. The second-order valence-electron chi connectivity index (χ2n) is 15.6. The van der Waals surface area contributed by atoms with Crippen molar-refractivity contribution < 1.29 is 27.6 Å². The van der Waals surface area contributed by atoms with Gasteiger partial charge in [-0.25, -0.2) is 32.7 Å². The van der Waals surface area contributed by atoms with E-state index >= 15 is 13.2 Å². The summed E-state index contributed by atoms with van der Waals surface area (Å²) in [5.41, 5.74) is -2.09. The summed E-state index contributed by atoms with van der Waals surface area (Å²) in [6.45, 7) is 3.54. The molecule has 4 heterocycles. The number of hydrogen-bond acceptors (Lipinski definition) is 10. The Hall–Kier alpha value is -9.82. The fraction of sp³-hybridized carbons (Fsp3) is 0.118. The molecule has 71 heavy (non-hydrogen) atoms. The van der Waals surface area contributed by atoms with Gasteiger partial charge in [0.05, 0.1) is 45.7 Å². The number of nitrogens with one attached hydrogen (secondary N) is 5. The van der Waals surface area contributed by atoms with E-state index in [2.05, 4.69) is 36.6 Å². The molecule has 20 heteroatoms. The fourth-order valence-electron chi connectivity index (χ4n) is 7.98. The van der Waals surface area contributed by atoms with E-state index in [0.717, 1.165) is 18.2 Å². The van der Waals surface area contributed by atoms with Crippen LogP contribution in [0.25, 0.3) is 44.1 Å². The maximum absolute atomic E-state index is 16.5. The van der Waals surface area contributed by atoms with Crippen molar-refractivity contribution in [3.05, 3.63) is 165 Å². The van der Waals surface area contributed by atoms with Gasteiger partial charge >= 0.3 is 12.1 Å². The van der Waals surface area contributed by atoms with Crippen molar-refractivity contribution in [2.24, 2.45) is 0 Å². The third kappa shape index (κ3) is 9.53. The van der Waals surface area contributed by atoms with Gasteiger partial charge in [-0.1, -0.05) is 36.4 Å². The van der Waals surface area contributed by atoms with Gasteiger partial charge in [-0.05, 0) is 68.4 Å². The van der Waals surface area contributed by atoms with E-state index in [-0.39, 0.29) is 63.3 Å². The smallest absolute Gasteiger partial charge is 0.328 e. The molecule has 0 aliphatic rings. The number of rotatable bonds is 12. The molecule has 8 aromatic rings. The normalized spacial score (nSPS) is 11.3. The van der Waals surface area contributed by atoms with E-state index < -0.39 is 64.0 Å². The molecule has 5 N–H and O–H groups in total. The van der Waals surface area contributed by atoms with E-state index in [0.29, 0.717) is 33.4 Å². The van der Waals surface area contributed by atoms with Crippen LogP contribution in [-0.4, -0.2) is 50.2 Å². The molecule has 8 rings (SSSR count). The Morgan fingerprint density at radius 1 is 0.648 bits per heavy atom. The van der Waals surface area contributed by atoms with Crippen LogP contribution in [0.4, 0.5) is 57.1 Å². The minimum atomic E-state index is -2.16. The predicted octanol–water partition coefficient (Wildman–Crippen LogP) is 9.02. The number of pyridine rings is 4. The standard InChI is InChI=1S/C51H39F3N12O5/c1-4-64-41-22-45(57-3)58-26-29(41)16-35(48(64)68)33-20-43(39(54)18-28(33)24-55)66(51(71)61-32-14-10-7-11-15-32)44(25-56)47(67)63-46-23-42-30(27-59-46)17-36(49(69)65(42)5-2)34-19-40(38(53)21-37(34)52)62-50(70)60-31-12-8-6-9-13-31/h6-23,26-27,44H,4-5H2,1-3H3,(H,57,58)(H,61,71)(H,59,63,67)(H2,60,62,70). The molecule has 0 saturated carbocycles. The highest BCUT2D eigenvalue weighted by molar-refractivity contribution is 6.10. The molecule has 0 bridgehead atoms. The van der Waals surface area contributed by atoms with Gasteiger partial charge in [0.15, 0.2) is 0 Å². The lowest BCUT2D eigenvalue weighted by Gasteiger charge is -2.28. The van der Waals surface area contributed by atoms with E-state index in [4.69, 9.17) is 0 Å². The van der Waals surface area contributed by atoms with Crippen LogP contribution in [0, 0.1) is 40.1 Å². The number of para-hydroxylation sites is 2. The Balaban J connectivity index is 1.17. The molecule has 4 aromatic heterocycles. The maximum atomic E-state index is 16.5. The lowest BCUT2D eigenvalue weighted by Crippen LogP contribution is -2.49. The largest absolute Gasteiger partial charge is 0.373 e. The molecular formula is C51H39F3N12O5.